The standard InChI is InChI=1S/C18H37N2OP/c1-7-8-9-10-11-13-18(6)22(21-15-12-14-19)20(16(2)3)17(4)5/h16-18H,7-13,15H2,1-6H3. The molecule has 3 nitrogen and oxygen atoms in total. The van der Waals surface area contributed by atoms with E-state index in [2.05, 4.69) is 52.3 Å². The third-order valence-corrected chi connectivity index (χ3v) is 6.66. The van der Waals surface area contributed by atoms with Crippen LogP contribution in [0.15, 0.2) is 0 Å². The lowest BCUT2D eigenvalue weighted by atomic mass is 10.1. The van der Waals surface area contributed by atoms with Crippen molar-refractivity contribution in [3.63, 3.8) is 0 Å². The average Bonchev–Trinajstić information content (AvgIpc) is 2.45. The molecule has 130 valence electrons. The highest BCUT2D eigenvalue weighted by Gasteiger charge is 2.29. The molecule has 22 heavy (non-hydrogen) atoms. The van der Waals surface area contributed by atoms with Crippen LogP contribution in [0.3, 0.4) is 0 Å². The molecule has 0 aromatic heterocycles. The Balaban J connectivity index is 4.57. The van der Waals surface area contributed by atoms with Gasteiger partial charge >= 0.3 is 0 Å². The Morgan fingerprint density at radius 2 is 1.59 bits per heavy atom. The first-order valence-corrected chi connectivity index (χ1v) is 10.3. The smallest absolute Gasteiger partial charge is 0.107 e. The fourth-order valence-corrected chi connectivity index (χ4v) is 5.25. The molecule has 0 N–H and O–H groups in total. The van der Waals surface area contributed by atoms with E-state index < -0.39 is 8.30 Å². The largest absolute Gasteiger partial charge is 0.342 e. The van der Waals surface area contributed by atoms with Crippen molar-refractivity contribution in [2.24, 2.45) is 0 Å². The maximum absolute atomic E-state index is 8.76. The molecule has 0 aliphatic rings. The molecule has 0 aliphatic heterocycles. The Hall–Kier alpha value is -0.160. The van der Waals surface area contributed by atoms with Gasteiger partial charge in [0.2, 0.25) is 0 Å². The van der Waals surface area contributed by atoms with Gasteiger partial charge in [-0.1, -0.05) is 46.0 Å². The van der Waals surface area contributed by atoms with E-state index >= 15 is 0 Å². The summed E-state index contributed by atoms with van der Waals surface area (Å²) in [4.78, 5) is 0. The zero-order chi connectivity index (χ0) is 17.0. The molecule has 0 aliphatic carbocycles. The third-order valence-electron chi connectivity index (χ3n) is 3.83. The second-order valence-corrected chi connectivity index (χ2v) is 8.87. The van der Waals surface area contributed by atoms with Crippen LogP contribution >= 0.6 is 8.30 Å². The summed E-state index contributed by atoms with van der Waals surface area (Å²) in [5.41, 5.74) is 0.570. The first-order valence-electron chi connectivity index (χ1n) is 9.03. The molecule has 0 aromatic carbocycles. The molecule has 0 aromatic rings. The van der Waals surface area contributed by atoms with Crippen LogP contribution in [0.25, 0.3) is 0 Å². The molecule has 0 fully saturated rings. The van der Waals surface area contributed by atoms with Crippen molar-refractivity contribution in [2.75, 3.05) is 6.61 Å². The van der Waals surface area contributed by atoms with Crippen molar-refractivity contribution in [1.29, 1.82) is 5.26 Å². The van der Waals surface area contributed by atoms with Gasteiger partial charge in [0.05, 0.1) is 19.1 Å². The Morgan fingerprint density at radius 3 is 2.09 bits per heavy atom. The van der Waals surface area contributed by atoms with E-state index in [1.807, 2.05) is 0 Å². The summed E-state index contributed by atoms with van der Waals surface area (Å²) in [5.74, 6) is 0. The van der Waals surface area contributed by atoms with E-state index in [1.165, 1.54) is 38.5 Å². The van der Waals surface area contributed by atoms with Gasteiger partial charge < -0.3 is 4.52 Å². The lowest BCUT2D eigenvalue weighted by Gasteiger charge is -2.40. The maximum Gasteiger partial charge on any atom is 0.107 e. The number of hydrogen-bond acceptors (Lipinski definition) is 3. The van der Waals surface area contributed by atoms with E-state index in [4.69, 9.17) is 9.79 Å². The van der Waals surface area contributed by atoms with Gasteiger partial charge in [-0.05, 0) is 34.1 Å². The second-order valence-electron chi connectivity index (χ2n) is 6.66. The first-order chi connectivity index (χ1) is 10.5. The molecule has 0 rings (SSSR count). The molecular formula is C18H37N2OP. The van der Waals surface area contributed by atoms with Gasteiger partial charge in [0.15, 0.2) is 0 Å². The number of hydrogen-bond donors (Lipinski definition) is 0. The van der Waals surface area contributed by atoms with Crippen LogP contribution < -0.4 is 0 Å². The van der Waals surface area contributed by atoms with Gasteiger partial charge in [-0.15, -0.1) is 0 Å². The van der Waals surface area contributed by atoms with Gasteiger partial charge in [0.1, 0.15) is 8.30 Å². The highest BCUT2D eigenvalue weighted by atomic mass is 31.2. The summed E-state index contributed by atoms with van der Waals surface area (Å²) in [6, 6.07) is 3.16. The van der Waals surface area contributed by atoms with E-state index in [0.717, 1.165) is 0 Å². The number of nitrogens with zero attached hydrogens (tertiary/aromatic N) is 2. The van der Waals surface area contributed by atoms with E-state index in [9.17, 15) is 0 Å². The van der Waals surface area contributed by atoms with Crippen LogP contribution in [-0.2, 0) is 4.52 Å². The van der Waals surface area contributed by atoms with Gasteiger partial charge in [0, 0.05) is 17.7 Å². The lowest BCUT2D eigenvalue weighted by molar-refractivity contribution is 0.250. The zero-order valence-electron chi connectivity index (χ0n) is 15.6. The highest BCUT2D eigenvalue weighted by molar-refractivity contribution is 7.50. The Kier molecular flexibility index (Phi) is 13.2. The average molecular weight is 328 g/mol. The maximum atomic E-state index is 8.76. The van der Waals surface area contributed by atoms with Crippen LogP contribution in [-0.4, -0.2) is 29.0 Å². The van der Waals surface area contributed by atoms with Gasteiger partial charge in [-0.2, -0.15) is 5.26 Å². The monoisotopic (exact) mass is 328 g/mol. The Bertz CT molecular complexity index is 294. The molecule has 0 radical (unpaired) electrons. The van der Waals surface area contributed by atoms with Crippen LogP contribution in [0.1, 0.15) is 86.5 Å². The minimum Gasteiger partial charge on any atom is -0.342 e. The van der Waals surface area contributed by atoms with Crippen molar-refractivity contribution in [2.45, 2.75) is 104 Å². The molecule has 2 atom stereocenters. The summed E-state index contributed by atoms with van der Waals surface area (Å²) in [6.45, 7) is 14.1. The molecule has 4 heteroatoms. The summed E-state index contributed by atoms with van der Waals surface area (Å²) in [7, 11) is -0.618. The summed E-state index contributed by atoms with van der Waals surface area (Å²) in [5, 5.41) is 8.76. The van der Waals surface area contributed by atoms with E-state index in [0.29, 0.717) is 30.8 Å². The van der Waals surface area contributed by atoms with Crippen LogP contribution in [0, 0.1) is 11.3 Å². The minimum absolute atomic E-state index is 0.482. The second kappa shape index (κ2) is 13.3. The summed E-state index contributed by atoms with van der Waals surface area (Å²) in [6.07, 6.45) is 8.37. The molecule has 0 spiro atoms. The zero-order valence-corrected chi connectivity index (χ0v) is 16.5. The molecule has 0 amide bonds. The molecule has 2 unspecified atom stereocenters. The first kappa shape index (κ1) is 21.8. The van der Waals surface area contributed by atoms with Gasteiger partial charge in [-0.25, -0.2) is 0 Å². The van der Waals surface area contributed by atoms with Gasteiger partial charge in [-0.3, -0.25) is 4.67 Å². The van der Waals surface area contributed by atoms with E-state index in [-0.39, 0.29) is 0 Å². The summed E-state index contributed by atoms with van der Waals surface area (Å²) < 4.78 is 8.69. The Morgan fingerprint density at radius 1 is 1.00 bits per heavy atom. The SMILES string of the molecule is CCCCCCCC(C)P(OCCC#N)N(C(C)C)C(C)C. The lowest BCUT2D eigenvalue weighted by Crippen LogP contribution is -2.35. The quantitative estimate of drug-likeness (QED) is 0.303. The predicted molar refractivity (Wildman–Crippen MR) is 98.1 cm³/mol. The molecule has 0 heterocycles. The normalized spacial score (nSPS) is 14.5. The fraction of sp³-hybridized carbons (Fsp3) is 0.944. The van der Waals surface area contributed by atoms with Crippen LogP contribution in [0.5, 0.6) is 0 Å². The summed E-state index contributed by atoms with van der Waals surface area (Å²) >= 11 is 0. The number of unbranched alkanes of at least 4 members (excludes halogenated alkanes) is 4. The van der Waals surface area contributed by atoms with Crippen molar-refractivity contribution in [3.05, 3.63) is 0 Å². The van der Waals surface area contributed by atoms with Gasteiger partial charge in [0.25, 0.3) is 0 Å². The van der Waals surface area contributed by atoms with Crippen LogP contribution in [0.2, 0.25) is 0 Å². The van der Waals surface area contributed by atoms with Crippen molar-refractivity contribution in [1.82, 2.24) is 4.67 Å². The Labute approximate surface area is 140 Å². The van der Waals surface area contributed by atoms with Crippen LogP contribution in [0.4, 0.5) is 0 Å². The third kappa shape index (κ3) is 9.09. The number of rotatable bonds is 13. The molecule has 0 saturated heterocycles. The molecular weight excluding hydrogens is 291 g/mol. The van der Waals surface area contributed by atoms with Crippen molar-refractivity contribution in [3.8, 4) is 6.07 Å². The van der Waals surface area contributed by atoms with Crippen molar-refractivity contribution < 1.29 is 4.52 Å². The topological polar surface area (TPSA) is 36.3 Å². The minimum atomic E-state index is -0.618. The fourth-order valence-electron chi connectivity index (χ4n) is 2.81. The van der Waals surface area contributed by atoms with Crippen molar-refractivity contribution >= 4 is 8.30 Å². The predicted octanol–water partition coefficient (Wildman–Crippen LogP) is 6.10. The highest BCUT2D eigenvalue weighted by Crippen LogP contribution is 2.50. The number of nitriles is 1. The molecule has 0 bridgehead atoms. The van der Waals surface area contributed by atoms with E-state index in [1.54, 1.807) is 0 Å². The molecule has 0 saturated carbocycles.